The van der Waals surface area contributed by atoms with E-state index in [1.165, 1.54) is 14.2 Å². The fourth-order valence-corrected chi connectivity index (χ4v) is 4.07. The summed E-state index contributed by atoms with van der Waals surface area (Å²) in [6, 6.07) is 3.74. The molecular formula is C17H25NO4. The molecule has 1 heterocycles. The quantitative estimate of drug-likeness (QED) is 0.800. The number of hydrogen-bond acceptors (Lipinski definition) is 5. The molecular weight excluding hydrogens is 282 g/mol. The number of phenols is 1. The van der Waals surface area contributed by atoms with Crippen molar-refractivity contribution >= 4 is 0 Å². The number of rotatable bonds is 3. The Morgan fingerprint density at radius 3 is 2.45 bits per heavy atom. The first-order chi connectivity index (χ1) is 10.6. The van der Waals surface area contributed by atoms with E-state index in [1.54, 1.807) is 0 Å². The Hall–Kier alpha value is -1.46. The molecule has 122 valence electrons. The predicted molar refractivity (Wildman–Crippen MR) is 83.5 cm³/mol. The third kappa shape index (κ3) is 2.52. The van der Waals surface area contributed by atoms with Gasteiger partial charge in [0.15, 0.2) is 11.5 Å². The first-order valence-corrected chi connectivity index (χ1v) is 7.99. The molecule has 2 aliphatic rings. The Morgan fingerprint density at radius 2 is 1.82 bits per heavy atom. The minimum Gasteiger partial charge on any atom is -0.502 e. The van der Waals surface area contributed by atoms with E-state index < -0.39 is 5.60 Å². The fourth-order valence-electron chi connectivity index (χ4n) is 4.07. The average Bonchev–Trinajstić information content (AvgIpc) is 2.54. The summed E-state index contributed by atoms with van der Waals surface area (Å²) in [6.07, 6.45) is 4.95. The van der Waals surface area contributed by atoms with Crippen molar-refractivity contribution < 1.29 is 19.7 Å². The highest BCUT2D eigenvalue weighted by atomic mass is 16.5. The van der Waals surface area contributed by atoms with Crippen molar-refractivity contribution in [3.8, 4) is 17.2 Å². The number of aliphatic hydroxyl groups is 1. The van der Waals surface area contributed by atoms with Crippen LogP contribution in [-0.2, 0) is 0 Å². The molecule has 3 atom stereocenters. The van der Waals surface area contributed by atoms with Crippen molar-refractivity contribution in [2.75, 3.05) is 20.8 Å². The van der Waals surface area contributed by atoms with Crippen LogP contribution in [0.1, 0.15) is 43.7 Å². The number of aromatic hydroxyl groups is 1. The van der Waals surface area contributed by atoms with Gasteiger partial charge in [0.1, 0.15) is 0 Å². The SMILES string of the molecule is COc1cc([C@@H]2NCC[C@]3(O)CCCC[C@@H]23)cc(OC)c1O. The van der Waals surface area contributed by atoms with Gasteiger partial charge in [-0.2, -0.15) is 0 Å². The van der Waals surface area contributed by atoms with Gasteiger partial charge in [-0.3, -0.25) is 0 Å². The second-order valence-corrected chi connectivity index (χ2v) is 6.41. The molecule has 0 amide bonds. The maximum atomic E-state index is 11.0. The minimum atomic E-state index is -0.577. The molecule has 2 fully saturated rings. The van der Waals surface area contributed by atoms with Crippen molar-refractivity contribution in [1.82, 2.24) is 5.32 Å². The van der Waals surface area contributed by atoms with E-state index in [4.69, 9.17) is 9.47 Å². The van der Waals surface area contributed by atoms with E-state index in [2.05, 4.69) is 5.32 Å². The molecule has 3 N–H and O–H groups in total. The first-order valence-electron chi connectivity index (χ1n) is 7.99. The zero-order chi connectivity index (χ0) is 15.7. The Balaban J connectivity index is 1.98. The fraction of sp³-hybridized carbons (Fsp3) is 0.647. The van der Waals surface area contributed by atoms with E-state index in [0.29, 0.717) is 11.5 Å². The third-order valence-corrected chi connectivity index (χ3v) is 5.25. The third-order valence-electron chi connectivity index (χ3n) is 5.25. The van der Waals surface area contributed by atoms with Gasteiger partial charge in [-0.15, -0.1) is 0 Å². The van der Waals surface area contributed by atoms with Crippen LogP contribution in [0, 0.1) is 5.92 Å². The van der Waals surface area contributed by atoms with E-state index in [9.17, 15) is 10.2 Å². The summed E-state index contributed by atoms with van der Waals surface area (Å²) >= 11 is 0. The van der Waals surface area contributed by atoms with Crippen molar-refractivity contribution in [2.24, 2.45) is 5.92 Å². The second kappa shape index (κ2) is 5.97. The second-order valence-electron chi connectivity index (χ2n) is 6.41. The summed E-state index contributed by atoms with van der Waals surface area (Å²) in [5, 5.41) is 24.6. The van der Waals surface area contributed by atoms with Gasteiger partial charge in [-0.1, -0.05) is 12.8 Å². The maximum Gasteiger partial charge on any atom is 0.200 e. The lowest BCUT2D eigenvalue weighted by Crippen LogP contribution is -2.53. The largest absolute Gasteiger partial charge is 0.502 e. The Morgan fingerprint density at radius 1 is 1.14 bits per heavy atom. The van der Waals surface area contributed by atoms with Gasteiger partial charge in [-0.05, 0) is 43.5 Å². The maximum absolute atomic E-state index is 11.0. The highest BCUT2D eigenvalue weighted by Crippen LogP contribution is 2.48. The highest BCUT2D eigenvalue weighted by molar-refractivity contribution is 5.53. The van der Waals surface area contributed by atoms with Crippen LogP contribution in [0.3, 0.4) is 0 Å². The Bertz CT molecular complexity index is 518. The lowest BCUT2D eigenvalue weighted by molar-refractivity contribution is -0.0861. The van der Waals surface area contributed by atoms with E-state index in [1.807, 2.05) is 12.1 Å². The predicted octanol–water partition coefficient (Wildman–Crippen LogP) is 2.37. The number of ether oxygens (including phenoxy) is 2. The van der Waals surface area contributed by atoms with Gasteiger partial charge in [-0.25, -0.2) is 0 Å². The average molecular weight is 307 g/mol. The van der Waals surface area contributed by atoms with Crippen molar-refractivity contribution in [1.29, 1.82) is 0 Å². The van der Waals surface area contributed by atoms with Gasteiger partial charge in [0.2, 0.25) is 5.75 Å². The molecule has 0 aromatic heterocycles. The number of benzene rings is 1. The summed E-state index contributed by atoms with van der Waals surface area (Å²) in [7, 11) is 3.06. The van der Waals surface area contributed by atoms with Crippen LogP contribution < -0.4 is 14.8 Å². The molecule has 0 spiro atoms. The van der Waals surface area contributed by atoms with Gasteiger partial charge in [0.05, 0.1) is 19.8 Å². The number of piperidine rings is 1. The van der Waals surface area contributed by atoms with E-state index in [-0.39, 0.29) is 17.7 Å². The lowest BCUT2D eigenvalue weighted by atomic mass is 9.67. The molecule has 1 saturated carbocycles. The number of phenolic OH excluding ortho intramolecular Hbond substituents is 1. The summed E-state index contributed by atoms with van der Waals surface area (Å²) in [4.78, 5) is 0. The molecule has 1 saturated heterocycles. The van der Waals surface area contributed by atoms with Crippen molar-refractivity contribution in [2.45, 2.75) is 43.7 Å². The lowest BCUT2D eigenvalue weighted by Gasteiger charge is -2.48. The summed E-state index contributed by atoms with van der Waals surface area (Å²) in [5.74, 6) is 1.01. The standard InChI is InChI=1S/C17H25NO4/c1-21-13-9-11(10-14(22-2)16(13)19)15-12-5-3-4-6-17(12,20)7-8-18-15/h9-10,12,15,18-20H,3-8H2,1-2H3/t12-,15-,17+/m0/s1. The molecule has 5 nitrogen and oxygen atoms in total. The number of nitrogens with one attached hydrogen (secondary N) is 1. The van der Waals surface area contributed by atoms with Crippen molar-refractivity contribution in [3.63, 3.8) is 0 Å². The summed E-state index contributed by atoms with van der Waals surface area (Å²) in [5.41, 5.74) is 0.420. The van der Waals surface area contributed by atoms with Crippen LogP contribution in [0.2, 0.25) is 0 Å². The zero-order valence-electron chi connectivity index (χ0n) is 13.3. The molecule has 1 aromatic carbocycles. The minimum absolute atomic E-state index is 0.0171. The smallest absolute Gasteiger partial charge is 0.200 e. The van der Waals surface area contributed by atoms with E-state index in [0.717, 1.165) is 44.2 Å². The highest BCUT2D eigenvalue weighted by Gasteiger charge is 2.46. The molecule has 5 heteroatoms. The van der Waals surface area contributed by atoms with E-state index >= 15 is 0 Å². The molecule has 1 aliphatic heterocycles. The first kappa shape index (κ1) is 15.4. The summed E-state index contributed by atoms with van der Waals surface area (Å²) < 4.78 is 10.5. The topological polar surface area (TPSA) is 71.0 Å². The molecule has 1 aromatic rings. The Labute approximate surface area is 131 Å². The zero-order valence-corrected chi connectivity index (χ0v) is 13.3. The Kier molecular flexibility index (Phi) is 4.19. The number of hydrogen-bond donors (Lipinski definition) is 3. The van der Waals surface area contributed by atoms with Crippen LogP contribution in [0.15, 0.2) is 12.1 Å². The summed E-state index contributed by atoms with van der Waals surface area (Å²) in [6.45, 7) is 0.795. The van der Waals surface area contributed by atoms with Crippen LogP contribution in [0.5, 0.6) is 17.2 Å². The van der Waals surface area contributed by atoms with Crippen LogP contribution in [0.4, 0.5) is 0 Å². The van der Waals surface area contributed by atoms with Crippen LogP contribution in [0.25, 0.3) is 0 Å². The normalized spacial score (nSPS) is 31.4. The molecule has 3 rings (SSSR count). The van der Waals surface area contributed by atoms with Crippen LogP contribution in [-0.4, -0.2) is 36.6 Å². The molecule has 0 bridgehead atoms. The molecule has 1 aliphatic carbocycles. The number of fused-ring (bicyclic) bond motifs is 1. The molecule has 0 unspecified atom stereocenters. The van der Waals surface area contributed by atoms with Gasteiger partial charge in [0, 0.05) is 12.0 Å². The van der Waals surface area contributed by atoms with Crippen LogP contribution >= 0.6 is 0 Å². The van der Waals surface area contributed by atoms with Gasteiger partial charge in [0.25, 0.3) is 0 Å². The van der Waals surface area contributed by atoms with Crippen molar-refractivity contribution in [3.05, 3.63) is 17.7 Å². The molecule has 0 radical (unpaired) electrons. The number of methoxy groups -OCH3 is 2. The molecule has 22 heavy (non-hydrogen) atoms. The monoisotopic (exact) mass is 307 g/mol. The van der Waals surface area contributed by atoms with Gasteiger partial charge >= 0.3 is 0 Å². The van der Waals surface area contributed by atoms with Gasteiger partial charge < -0.3 is 25.0 Å².